The van der Waals surface area contributed by atoms with Crippen molar-refractivity contribution in [3.8, 4) is 0 Å². The van der Waals surface area contributed by atoms with Gasteiger partial charge < -0.3 is 21.0 Å². The molecule has 1 amide bonds. The number of anilines is 1. The number of fused-ring (bicyclic) bond motifs is 1. The summed E-state index contributed by atoms with van der Waals surface area (Å²) in [5.41, 5.74) is 5.55. The van der Waals surface area contributed by atoms with Crippen LogP contribution in [-0.2, 0) is 4.79 Å². The molecule has 1 unspecified atom stereocenters. The van der Waals surface area contributed by atoms with E-state index in [1.807, 2.05) is 0 Å². The predicted octanol–water partition coefficient (Wildman–Crippen LogP) is 0.0583. The van der Waals surface area contributed by atoms with Crippen molar-refractivity contribution in [2.45, 2.75) is 12.5 Å². The van der Waals surface area contributed by atoms with Crippen LogP contribution >= 0.6 is 0 Å². The summed E-state index contributed by atoms with van der Waals surface area (Å²) in [4.78, 5) is 39.0. The Kier molecular flexibility index (Phi) is 3.81. The number of amides is 1. The quantitative estimate of drug-likeness (QED) is 0.465. The molecule has 0 aliphatic heterocycles. The van der Waals surface area contributed by atoms with E-state index in [1.165, 1.54) is 0 Å². The van der Waals surface area contributed by atoms with Crippen molar-refractivity contribution in [1.29, 1.82) is 0 Å². The fraction of sp³-hybridized carbons (Fsp3) is 0.154. The second-order valence-corrected chi connectivity index (χ2v) is 4.29. The van der Waals surface area contributed by atoms with Crippen LogP contribution in [0.1, 0.15) is 6.42 Å². The lowest BCUT2D eigenvalue weighted by molar-refractivity contribution is -0.117. The van der Waals surface area contributed by atoms with E-state index in [0.29, 0.717) is 23.1 Å². The summed E-state index contributed by atoms with van der Waals surface area (Å²) in [7, 11) is 0. The van der Waals surface area contributed by atoms with Gasteiger partial charge >= 0.3 is 11.1 Å². The Morgan fingerprint density at radius 2 is 1.95 bits per heavy atom. The Hall–Kier alpha value is -2.67. The molecule has 0 saturated heterocycles. The monoisotopic (exact) mass is 274 g/mol. The first-order valence-electron chi connectivity index (χ1n) is 5.95. The number of H-pyrrole nitrogens is 2. The van der Waals surface area contributed by atoms with Crippen LogP contribution in [0, 0.1) is 0 Å². The number of rotatable bonds is 4. The minimum atomic E-state index is -0.746. The number of nitrogens with one attached hydrogen (secondary N) is 3. The molecule has 7 nitrogen and oxygen atoms in total. The molecule has 0 spiro atoms. The summed E-state index contributed by atoms with van der Waals surface area (Å²) in [6.07, 6.45) is 1.93. The van der Waals surface area contributed by atoms with E-state index >= 15 is 0 Å². The lowest BCUT2D eigenvalue weighted by Gasteiger charge is -2.10. The number of nitrogens with two attached hydrogens (primary N) is 1. The van der Waals surface area contributed by atoms with Crippen LogP contribution in [0.25, 0.3) is 11.0 Å². The minimum absolute atomic E-state index is 0.351. The lowest BCUT2D eigenvalue weighted by Crippen LogP contribution is -2.35. The van der Waals surface area contributed by atoms with Gasteiger partial charge in [0.1, 0.15) is 0 Å². The first-order valence-corrected chi connectivity index (χ1v) is 5.95. The Bertz CT molecular complexity index is 775. The van der Waals surface area contributed by atoms with Gasteiger partial charge in [0, 0.05) is 5.69 Å². The van der Waals surface area contributed by atoms with Gasteiger partial charge in [0.15, 0.2) is 0 Å². The standard InChI is InChI=1S/C13H14N4O3/c1-2-3-8(14)11(18)15-7-4-5-9-10(6-7)17-13(20)12(19)16-9/h2,4-6,8H,1,3,14H2,(H,15,18)(H,16,19)(H,17,20). The van der Waals surface area contributed by atoms with Gasteiger partial charge in [-0.25, -0.2) is 0 Å². The van der Waals surface area contributed by atoms with Crippen molar-refractivity contribution in [3.05, 3.63) is 51.6 Å². The fourth-order valence-electron chi connectivity index (χ4n) is 1.71. The third-order valence-corrected chi connectivity index (χ3v) is 2.75. The molecule has 1 aromatic carbocycles. The van der Waals surface area contributed by atoms with Crippen LogP contribution in [0.3, 0.4) is 0 Å². The number of hydrogen-bond acceptors (Lipinski definition) is 4. The van der Waals surface area contributed by atoms with E-state index < -0.39 is 17.2 Å². The van der Waals surface area contributed by atoms with Gasteiger partial charge in [-0.3, -0.25) is 14.4 Å². The normalized spacial score (nSPS) is 12.1. The molecule has 1 aromatic heterocycles. The first kappa shape index (κ1) is 13.8. The molecule has 104 valence electrons. The summed E-state index contributed by atoms with van der Waals surface area (Å²) in [5, 5.41) is 2.63. The predicted molar refractivity (Wildman–Crippen MR) is 76.6 cm³/mol. The van der Waals surface area contributed by atoms with Crippen molar-refractivity contribution >= 4 is 22.6 Å². The van der Waals surface area contributed by atoms with Crippen LogP contribution in [0.2, 0.25) is 0 Å². The molecule has 5 N–H and O–H groups in total. The number of aromatic nitrogens is 2. The smallest absolute Gasteiger partial charge is 0.314 e. The molecule has 0 saturated carbocycles. The highest BCUT2D eigenvalue weighted by atomic mass is 16.2. The topological polar surface area (TPSA) is 121 Å². The SMILES string of the molecule is C=CCC(N)C(=O)Nc1ccc2[nH]c(=O)c(=O)[nH]c2c1. The Labute approximate surface area is 113 Å². The molecule has 0 bridgehead atoms. The second kappa shape index (κ2) is 5.54. The van der Waals surface area contributed by atoms with Crippen LogP contribution in [0.15, 0.2) is 40.4 Å². The summed E-state index contributed by atoms with van der Waals surface area (Å²) in [6.45, 7) is 3.52. The maximum absolute atomic E-state index is 11.7. The Balaban J connectivity index is 2.30. The Morgan fingerprint density at radius 1 is 1.30 bits per heavy atom. The van der Waals surface area contributed by atoms with Gasteiger partial charge in [-0.2, -0.15) is 0 Å². The second-order valence-electron chi connectivity index (χ2n) is 4.29. The van der Waals surface area contributed by atoms with Crippen molar-refractivity contribution in [3.63, 3.8) is 0 Å². The van der Waals surface area contributed by atoms with Crippen LogP contribution in [-0.4, -0.2) is 21.9 Å². The third kappa shape index (κ3) is 2.83. The molecule has 7 heteroatoms. The van der Waals surface area contributed by atoms with Crippen molar-refractivity contribution < 1.29 is 4.79 Å². The van der Waals surface area contributed by atoms with Crippen LogP contribution < -0.4 is 22.2 Å². The van der Waals surface area contributed by atoms with Crippen molar-refractivity contribution in [1.82, 2.24) is 9.97 Å². The van der Waals surface area contributed by atoms with E-state index in [2.05, 4.69) is 21.9 Å². The van der Waals surface area contributed by atoms with E-state index in [4.69, 9.17) is 5.73 Å². The first-order chi connectivity index (χ1) is 9.51. The van der Waals surface area contributed by atoms with Crippen LogP contribution in [0.4, 0.5) is 5.69 Å². The highest BCUT2D eigenvalue weighted by Crippen LogP contribution is 2.14. The average Bonchev–Trinajstić information content (AvgIpc) is 2.40. The lowest BCUT2D eigenvalue weighted by atomic mass is 10.2. The Morgan fingerprint density at radius 3 is 2.60 bits per heavy atom. The highest BCUT2D eigenvalue weighted by molar-refractivity contribution is 5.96. The summed E-state index contributed by atoms with van der Waals surface area (Å²) in [6, 6.07) is 4.06. The number of benzene rings is 1. The van der Waals surface area contributed by atoms with Gasteiger partial charge in [0.2, 0.25) is 5.91 Å². The summed E-state index contributed by atoms with van der Waals surface area (Å²) >= 11 is 0. The number of carbonyl (C=O) groups is 1. The molecule has 0 fully saturated rings. The van der Waals surface area contributed by atoms with Gasteiger partial charge in [0.25, 0.3) is 0 Å². The van der Waals surface area contributed by atoms with Gasteiger partial charge in [-0.1, -0.05) is 6.08 Å². The molecule has 2 rings (SSSR count). The largest absolute Gasteiger partial charge is 0.325 e. The van der Waals surface area contributed by atoms with Crippen molar-refractivity contribution in [2.24, 2.45) is 5.73 Å². The van der Waals surface area contributed by atoms with Gasteiger partial charge in [-0.05, 0) is 24.6 Å². The van der Waals surface area contributed by atoms with Gasteiger partial charge in [0.05, 0.1) is 17.1 Å². The highest BCUT2D eigenvalue weighted by Gasteiger charge is 2.12. The average molecular weight is 274 g/mol. The van der Waals surface area contributed by atoms with E-state index in [-0.39, 0.29) is 5.91 Å². The number of carbonyl (C=O) groups excluding carboxylic acids is 1. The summed E-state index contributed by atoms with van der Waals surface area (Å²) in [5.74, 6) is -0.351. The minimum Gasteiger partial charge on any atom is -0.325 e. The third-order valence-electron chi connectivity index (χ3n) is 2.75. The molecule has 0 aliphatic carbocycles. The maximum atomic E-state index is 11.7. The zero-order chi connectivity index (χ0) is 14.7. The molecule has 2 aromatic rings. The number of hydrogen-bond donors (Lipinski definition) is 4. The maximum Gasteiger partial charge on any atom is 0.314 e. The molecule has 0 aliphatic rings. The van der Waals surface area contributed by atoms with Crippen LogP contribution in [0.5, 0.6) is 0 Å². The molecular formula is C13H14N4O3. The zero-order valence-electron chi connectivity index (χ0n) is 10.6. The van der Waals surface area contributed by atoms with E-state index in [1.54, 1.807) is 24.3 Å². The molecule has 0 radical (unpaired) electrons. The summed E-state index contributed by atoms with van der Waals surface area (Å²) < 4.78 is 0. The molecule has 1 atom stereocenters. The van der Waals surface area contributed by atoms with Crippen molar-refractivity contribution in [2.75, 3.05) is 5.32 Å². The molecule has 1 heterocycles. The fourth-order valence-corrected chi connectivity index (χ4v) is 1.71. The zero-order valence-corrected chi connectivity index (χ0v) is 10.6. The number of aromatic amines is 2. The van der Waals surface area contributed by atoms with Gasteiger partial charge in [-0.15, -0.1) is 6.58 Å². The van der Waals surface area contributed by atoms with E-state index in [9.17, 15) is 14.4 Å². The molecule has 20 heavy (non-hydrogen) atoms. The molecular weight excluding hydrogens is 260 g/mol. The van der Waals surface area contributed by atoms with E-state index in [0.717, 1.165) is 0 Å².